The van der Waals surface area contributed by atoms with Crippen LogP contribution in [0.3, 0.4) is 0 Å². The summed E-state index contributed by atoms with van der Waals surface area (Å²) in [7, 11) is 3.15. The lowest BCUT2D eigenvalue weighted by Gasteiger charge is -2.28. The second-order valence-electron chi connectivity index (χ2n) is 5.40. The van der Waals surface area contributed by atoms with Crippen molar-refractivity contribution in [2.75, 3.05) is 30.9 Å². The molecular formula is C16H16N4O3. The molecule has 0 spiro atoms. The van der Waals surface area contributed by atoms with Gasteiger partial charge in [-0.3, -0.25) is 4.79 Å². The molecule has 7 nitrogen and oxygen atoms in total. The van der Waals surface area contributed by atoms with Gasteiger partial charge in [-0.2, -0.15) is 0 Å². The Kier molecular flexibility index (Phi) is 3.69. The van der Waals surface area contributed by atoms with E-state index in [9.17, 15) is 9.59 Å². The van der Waals surface area contributed by atoms with Crippen LogP contribution in [0.15, 0.2) is 24.5 Å². The Morgan fingerprint density at radius 1 is 1.30 bits per heavy atom. The van der Waals surface area contributed by atoms with Crippen LogP contribution < -0.4 is 10.2 Å². The van der Waals surface area contributed by atoms with Gasteiger partial charge >= 0.3 is 5.97 Å². The normalized spacial score (nSPS) is 13.3. The average Bonchev–Trinajstić information content (AvgIpc) is 2.52. The van der Waals surface area contributed by atoms with Gasteiger partial charge in [0.25, 0.3) is 0 Å². The number of anilines is 2. The molecule has 1 aliphatic rings. The number of methoxy groups -OCH3 is 1. The topological polar surface area (TPSA) is 84.4 Å². The Labute approximate surface area is 133 Å². The third kappa shape index (κ3) is 2.73. The van der Waals surface area contributed by atoms with E-state index in [0.717, 1.165) is 16.8 Å². The summed E-state index contributed by atoms with van der Waals surface area (Å²) >= 11 is 0. The van der Waals surface area contributed by atoms with Crippen LogP contribution in [0.5, 0.6) is 0 Å². The molecule has 0 saturated heterocycles. The lowest BCUT2D eigenvalue weighted by molar-refractivity contribution is -0.115. The number of fused-ring (bicyclic) bond motifs is 1. The number of hydrogen-bond donors (Lipinski definition) is 1. The lowest BCUT2D eigenvalue weighted by Crippen LogP contribution is -2.36. The molecule has 0 fully saturated rings. The van der Waals surface area contributed by atoms with Gasteiger partial charge in [-0.05, 0) is 30.7 Å². The van der Waals surface area contributed by atoms with E-state index in [-0.39, 0.29) is 12.5 Å². The lowest BCUT2D eigenvalue weighted by atomic mass is 10.0. The molecule has 0 radical (unpaired) electrons. The summed E-state index contributed by atoms with van der Waals surface area (Å²) in [4.78, 5) is 33.7. The molecule has 118 valence electrons. The van der Waals surface area contributed by atoms with Crippen LogP contribution in [0.1, 0.15) is 15.9 Å². The fraction of sp³-hybridized carbons (Fsp3) is 0.250. The molecule has 1 amide bonds. The maximum Gasteiger partial charge on any atom is 0.337 e. The molecule has 0 unspecified atom stereocenters. The summed E-state index contributed by atoms with van der Waals surface area (Å²) in [5.41, 5.74) is 3.53. The Morgan fingerprint density at radius 3 is 2.83 bits per heavy atom. The van der Waals surface area contributed by atoms with Gasteiger partial charge < -0.3 is 15.0 Å². The first kappa shape index (κ1) is 15.0. The van der Waals surface area contributed by atoms with E-state index in [4.69, 9.17) is 4.74 Å². The first-order valence-electron chi connectivity index (χ1n) is 7.06. The highest BCUT2D eigenvalue weighted by molar-refractivity contribution is 6.03. The zero-order chi connectivity index (χ0) is 16.6. The Bertz CT molecular complexity index is 804. The van der Waals surface area contributed by atoms with E-state index in [1.165, 1.54) is 13.4 Å². The van der Waals surface area contributed by atoms with Crippen LogP contribution in [0.25, 0.3) is 11.3 Å². The van der Waals surface area contributed by atoms with E-state index in [1.807, 2.05) is 13.0 Å². The monoisotopic (exact) mass is 312 g/mol. The van der Waals surface area contributed by atoms with Crippen molar-refractivity contribution in [3.63, 3.8) is 0 Å². The Balaban J connectivity index is 2.17. The maximum absolute atomic E-state index is 11.8. The van der Waals surface area contributed by atoms with E-state index in [0.29, 0.717) is 17.1 Å². The Morgan fingerprint density at radius 2 is 2.09 bits per heavy atom. The van der Waals surface area contributed by atoms with E-state index < -0.39 is 5.97 Å². The summed E-state index contributed by atoms with van der Waals surface area (Å²) in [5.74, 6) is -0.0569. The van der Waals surface area contributed by atoms with Crippen LogP contribution in [-0.4, -0.2) is 42.5 Å². The third-order valence-corrected chi connectivity index (χ3v) is 3.61. The molecule has 0 atom stereocenters. The SMILES string of the molecule is COC(=O)c1cc(C)cc(-c2ncnc3c2N(C)CC(=O)N3)c1. The van der Waals surface area contributed by atoms with Crippen molar-refractivity contribution in [3.8, 4) is 11.3 Å². The summed E-state index contributed by atoms with van der Waals surface area (Å²) in [6.45, 7) is 2.12. The van der Waals surface area contributed by atoms with Crippen molar-refractivity contribution >= 4 is 23.4 Å². The number of aromatic nitrogens is 2. The molecule has 1 aromatic carbocycles. The average molecular weight is 312 g/mol. The zero-order valence-corrected chi connectivity index (χ0v) is 13.1. The number of carbonyl (C=O) groups is 2. The van der Waals surface area contributed by atoms with Gasteiger partial charge in [-0.15, -0.1) is 0 Å². The number of hydrogen-bond acceptors (Lipinski definition) is 6. The molecular weight excluding hydrogens is 296 g/mol. The minimum absolute atomic E-state index is 0.121. The number of likely N-dealkylation sites (N-methyl/N-ethyl adjacent to an activating group) is 1. The fourth-order valence-electron chi connectivity index (χ4n) is 2.66. The molecule has 1 N–H and O–H groups in total. The maximum atomic E-state index is 11.8. The van der Waals surface area contributed by atoms with Gasteiger partial charge in [0.1, 0.15) is 12.0 Å². The number of ether oxygens (including phenoxy) is 1. The fourth-order valence-corrected chi connectivity index (χ4v) is 2.66. The largest absolute Gasteiger partial charge is 0.465 e. The number of aryl methyl sites for hydroxylation is 1. The van der Waals surface area contributed by atoms with Crippen LogP contribution in [0.2, 0.25) is 0 Å². The predicted octanol–water partition coefficient (Wildman–Crippen LogP) is 1.63. The Hall–Kier alpha value is -2.96. The number of rotatable bonds is 2. The predicted molar refractivity (Wildman–Crippen MR) is 85.4 cm³/mol. The molecule has 3 rings (SSSR count). The third-order valence-electron chi connectivity index (χ3n) is 3.61. The number of nitrogens with zero attached hydrogens (tertiary/aromatic N) is 3. The van der Waals surface area contributed by atoms with Crippen molar-refractivity contribution in [3.05, 3.63) is 35.7 Å². The number of benzene rings is 1. The first-order chi connectivity index (χ1) is 11.0. The first-order valence-corrected chi connectivity index (χ1v) is 7.06. The van der Waals surface area contributed by atoms with Gasteiger partial charge in [0, 0.05) is 12.6 Å². The van der Waals surface area contributed by atoms with Crippen LogP contribution >= 0.6 is 0 Å². The zero-order valence-electron chi connectivity index (χ0n) is 13.1. The smallest absolute Gasteiger partial charge is 0.337 e. The molecule has 0 bridgehead atoms. The van der Waals surface area contributed by atoms with E-state index in [2.05, 4.69) is 15.3 Å². The molecule has 2 aromatic rings. The minimum atomic E-state index is -0.403. The van der Waals surface area contributed by atoms with Gasteiger partial charge in [-0.25, -0.2) is 14.8 Å². The van der Waals surface area contributed by atoms with E-state index in [1.54, 1.807) is 24.1 Å². The minimum Gasteiger partial charge on any atom is -0.465 e. The van der Waals surface area contributed by atoms with Gasteiger partial charge in [0.2, 0.25) is 5.91 Å². The number of nitrogens with one attached hydrogen (secondary N) is 1. The second-order valence-corrected chi connectivity index (χ2v) is 5.40. The number of carbonyl (C=O) groups excluding carboxylic acids is 2. The van der Waals surface area contributed by atoms with Crippen LogP contribution in [-0.2, 0) is 9.53 Å². The van der Waals surface area contributed by atoms with Crippen molar-refractivity contribution in [2.24, 2.45) is 0 Å². The highest BCUT2D eigenvalue weighted by Gasteiger charge is 2.25. The number of esters is 1. The highest BCUT2D eigenvalue weighted by Crippen LogP contribution is 2.36. The summed E-state index contributed by atoms with van der Waals surface area (Å²) in [6.07, 6.45) is 1.40. The van der Waals surface area contributed by atoms with Gasteiger partial charge in [-0.1, -0.05) is 0 Å². The molecule has 1 aromatic heterocycles. The van der Waals surface area contributed by atoms with Crippen LogP contribution in [0.4, 0.5) is 11.5 Å². The quantitative estimate of drug-likeness (QED) is 0.848. The summed E-state index contributed by atoms with van der Waals surface area (Å²) < 4.78 is 4.79. The van der Waals surface area contributed by atoms with Gasteiger partial charge in [0.15, 0.2) is 5.82 Å². The molecule has 2 heterocycles. The second kappa shape index (κ2) is 5.68. The molecule has 23 heavy (non-hydrogen) atoms. The van der Waals surface area contributed by atoms with Crippen molar-refractivity contribution < 1.29 is 14.3 Å². The molecule has 0 saturated carbocycles. The summed E-state index contributed by atoms with van der Waals surface area (Å²) in [6, 6.07) is 5.42. The molecule has 7 heteroatoms. The molecule has 1 aliphatic heterocycles. The molecule has 0 aliphatic carbocycles. The summed E-state index contributed by atoms with van der Waals surface area (Å²) in [5, 5.41) is 2.74. The highest BCUT2D eigenvalue weighted by atomic mass is 16.5. The van der Waals surface area contributed by atoms with Crippen molar-refractivity contribution in [1.29, 1.82) is 0 Å². The standard InChI is InChI=1S/C16H16N4O3/c1-9-4-10(6-11(5-9)16(22)23-3)13-14-15(18-8-17-13)19-12(21)7-20(14)2/h4-6,8H,7H2,1-3H3,(H,17,18,19,21). The van der Waals surface area contributed by atoms with Crippen LogP contribution in [0, 0.1) is 6.92 Å². The van der Waals surface area contributed by atoms with Crippen molar-refractivity contribution in [2.45, 2.75) is 6.92 Å². The van der Waals surface area contributed by atoms with E-state index >= 15 is 0 Å². The number of amides is 1. The van der Waals surface area contributed by atoms with Gasteiger partial charge in [0.05, 0.1) is 24.9 Å². The van der Waals surface area contributed by atoms with Crippen molar-refractivity contribution in [1.82, 2.24) is 9.97 Å².